The average molecular weight is 257 g/mol. The van der Waals surface area contributed by atoms with Crippen molar-refractivity contribution in [3.8, 4) is 11.8 Å². The van der Waals surface area contributed by atoms with E-state index in [2.05, 4.69) is 11.8 Å². The van der Waals surface area contributed by atoms with Gasteiger partial charge in [0.05, 0.1) is 12.3 Å². The summed E-state index contributed by atoms with van der Waals surface area (Å²) in [6.45, 7) is 1.92. The van der Waals surface area contributed by atoms with Gasteiger partial charge in [0.25, 0.3) is 0 Å². The van der Waals surface area contributed by atoms with Crippen LogP contribution in [0.2, 0.25) is 0 Å². The van der Waals surface area contributed by atoms with Gasteiger partial charge in [0.1, 0.15) is 0 Å². The van der Waals surface area contributed by atoms with E-state index in [1.54, 1.807) is 6.07 Å². The molecule has 1 aromatic rings. The van der Waals surface area contributed by atoms with Crippen molar-refractivity contribution in [3.05, 3.63) is 29.3 Å². The maximum absolute atomic E-state index is 11.8. The number of carbonyl (C=O) groups is 2. The molecule has 0 radical (unpaired) electrons. The lowest BCUT2D eigenvalue weighted by atomic mass is 10.1. The highest BCUT2D eigenvalue weighted by molar-refractivity contribution is 6.20. The molecule has 0 unspecified atom stereocenters. The minimum atomic E-state index is -0.181. The van der Waals surface area contributed by atoms with Crippen LogP contribution in [0.15, 0.2) is 18.2 Å². The molecule has 1 aromatic carbocycles. The molecule has 4 nitrogen and oxygen atoms in total. The zero-order valence-electron chi connectivity index (χ0n) is 10.8. The number of hydrogen-bond acceptors (Lipinski definition) is 3. The second-order valence-corrected chi connectivity index (χ2v) is 4.42. The van der Waals surface area contributed by atoms with E-state index >= 15 is 0 Å². The number of aliphatic hydroxyl groups is 1. The summed E-state index contributed by atoms with van der Waals surface area (Å²) < 4.78 is 0. The Bertz CT molecular complexity index is 565. The van der Waals surface area contributed by atoms with E-state index in [0.29, 0.717) is 17.7 Å². The van der Waals surface area contributed by atoms with Crippen LogP contribution in [-0.2, 0) is 9.59 Å². The van der Waals surface area contributed by atoms with Crippen LogP contribution < -0.4 is 4.90 Å². The predicted molar refractivity (Wildman–Crippen MR) is 71.5 cm³/mol. The van der Waals surface area contributed by atoms with Crippen LogP contribution >= 0.6 is 0 Å². The van der Waals surface area contributed by atoms with E-state index in [4.69, 9.17) is 5.11 Å². The van der Waals surface area contributed by atoms with Crippen molar-refractivity contribution in [1.29, 1.82) is 0 Å². The largest absolute Gasteiger partial charge is 0.395 e. The van der Waals surface area contributed by atoms with Crippen molar-refractivity contribution in [2.24, 2.45) is 0 Å². The summed E-state index contributed by atoms with van der Waals surface area (Å²) >= 11 is 0. The molecule has 1 N–H and O–H groups in total. The smallest absolute Gasteiger partial charge is 0.234 e. The number of amides is 2. The second-order valence-electron chi connectivity index (χ2n) is 4.42. The number of rotatable bonds is 2. The normalized spacial score (nSPS) is 14.5. The van der Waals surface area contributed by atoms with Crippen LogP contribution in [-0.4, -0.2) is 23.5 Å². The molecule has 4 heteroatoms. The molecule has 0 atom stereocenters. The standard InChI is InChI=1S/C15H15NO3/c1-11-5-6-13(12(10-11)4-2-3-9-17)16-14(18)7-8-15(16)19/h5-6,10,17H,3,7-9H2,1H3. The zero-order valence-corrected chi connectivity index (χ0v) is 10.8. The Morgan fingerprint density at radius 3 is 2.58 bits per heavy atom. The lowest BCUT2D eigenvalue weighted by Gasteiger charge is -2.16. The molecule has 0 spiro atoms. The molecular formula is C15H15NO3. The van der Waals surface area contributed by atoms with Gasteiger partial charge in [-0.3, -0.25) is 9.59 Å². The highest BCUT2D eigenvalue weighted by Crippen LogP contribution is 2.26. The first kappa shape index (κ1) is 13.3. The summed E-state index contributed by atoms with van der Waals surface area (Å²) in [5.41, 5.74) is 2.21. The van der Waals surface area contributed by atoms with Crippen molar-refractivity contribution in [1.82, 2.24) is 0 Å². The van der Waals surface area contributed by atoms with Crippen molar-refractivity contribution < 1.29 is 14.7 Å². The topological polar surface area (TPSA) is 57.6 Å². The highest BCUT2D eigenvalue weighted by atomic mass is 16.2. The van der Waals surface area contributed by atoms with Gasteiger partial charge in [-0.25, -0.2) is 4.90 Å². The van der Waals surface area contributed by atoms with E-state index in [1.165, 1.54) is 4.90 Å². The number of aryl methyl sites for hydroxylation is 1. The van der Waals surface area contributed by atoms with Gasteiger partial charge in [-0.15, -0.1) is 0 Å². The summed E-state index contributed by atoms with van der Waals surface area (Å²) in [4.78, 5) is 24.7. The minimum Gasteiger partial charge on any atom is -0.395 e. The van der Waals surface area contributed by atoms with E-state index < -0.39 is 0 Å². The first-order valence-electron chi connectivity index (χ1n) is 6.19. The van der Waals surface area contributed by atoms with Crippen LogP contribution in [0.5, 0.6) is 0 Å². The Morgan fingerprint density at radius 1 is 1.26 bits per heavy atom. The molecule has 0 saturated carbocycles. The quantitative estimate of drug-likeness (QED) is 0.643. The summed E-state index contributed by atoms with van der Waals surface area (Å²) in [5.74, 6) is 5.38. The van der Waals surface area contributed by atoms with Crippen molar-refractivity contribution in [3.63, 3.8) is 0 Å². The van der Waals surface area contributed by atoms with Gasteiger partial charge in [0, 0.05) is 24.8 Å². The number of hydrogen-bond donors (Lipinski definition) is 1. The fourth-order valence-electron chi connectivity index (χ4n) is 2.00. The molecule has 2 rings (SSSR count). The van der Waals surface area contributed by atoms with Crippen molar-refractivity contribution in [2.45, 2.75) is 26.2 Å². The van der Waals surface area contributed by atoms with Gasteiger partial charge in [0.2, 0.25) is 11.8 Å². The number of anilines is 1. The lowest BCUT2D eigenvalue weighted by Crippen LogP contribution is -2.29. The van der Waals surface area contributed by atoms with E-state index in [-0.39, 0.29) is 31.3 Å². The highest BCUT2D eigenvalue weighted by Gasteiger charge is 2.31. The van der Waals surface area contributed by atoms with Gasteiger partial charge in [-0.1, -0.05) is 17.9 Å². The molecule has 0 aliphatic carbocycles. The maximum atomic E-state index is 11.8. The summed E-state index contributed by atoms with van der Waals surface area (Å²) in [6, 6.07) is 5.45. The van der Waals surface area contributed by atoms with Crippen LogP contribution in [0, 0.1) is 18.8 Å². The molecule has 19 heavy (non-hydrogen) atoms. The zero-order chi connectivity index (χ0) is 13.8. The van der Waals surface area contributed by atoms with E-state index in [1.807, 2.05) is 19.1 Å². The third kappa shape index (κ3) is 2.83. The fraction of sp³-hybridized carbons (Fsp3) is 0.333. The first-order chi connectivity index (χ1) is 9.13. The third-order valence-corrected chi connectivity index (χ3v) is 2.90. The Hall–Kier alpha value is -2.12. The van der Waals surface area contributed by atoms with Crippen LogP contribution in [0.3, 0.4) is 0 Å². The van der Waals surface area contributed by atoms with Crippen LogP contribution in [0.4, 0.5) is 5.69 Å². The van der Waals surface area contributed by atoms with Gasteiger partial charge >= 0.3 is 0 Å². The molecule has 1 aliphatic rings. The van der Waals surface area contributed by atoms with E-state index in [9.17, 15) is 9.59 Å². The summed E-state index contributed by atoms with van der Waals surface area (Å²) in [5, 5.41) is 8.74. The lowest BCUT2D eigenvalue weighted by molar-refractivity contribution is -0.121. The van der Waals surface area contributed by atoms with Crippen LogP contribution in [0.25, 0.3) is 0 Å². The predicted octanol–water partition coefficient (Wildman–Crippen LogP) is 1.38. The van der Waals surface area contributed by atoms with Crippen molar-refractivity contribution >= 4 is 17.5 Å². The van der Waals surface area contributed by atoms with E-state index in [0.717, 1.165) is 5.56 Å². The Morgan fingerprint density at radius 2 is 1.95 bits per heavy atom. The molecule has 0 bridgehead atoms. The monoisotopic (exact) mass is 257 g/mol. The molecule has 0 aromatic heterocycles. The minimum absolute atomic E-state index is 0.00424. The number of carbonyl (C=O) groups excluding carboxylic acids is 2. The number of imide groups is 1. The molecule has 98 valence electrons. The van der Waals surface area contributed by atoms with Gasteiger partial charge in [-0.05, 0) is 24.6 Å². The molecule has 1 aliphatic heterocycles. The van der Waals surface area contributed by atoms with Crippen LogP contribution in [0.1, 0.15) is 30.4 Å². The fourth-order valence-corrected chi connectivity index (χ4v) is 2.00. The molecule has 1 saturated heterocycles. The Kier molecular flexibility index (Phi) is 3.98. The maximum Gasteiger partial charge on any atom is 0.234 e. The Balaban J connectivity index is 2.43. The second kappa shape index (κ2) is 5.68. The SMILES string of the molecule is Cc1ccc(N2C(=O)CCC2=O)c(C#CCCO)c1. The number of nitrogens with zero attached hydrogens (tertiary/aromatic N) is 1. The molecule has 1 fully saturated rings. The number of aliphatic hydroxyl groups excluding tert-OH is 1. The molecule has 1 heterocycles. The summed E-state index contributed by atoms with van der Waals surface area (Å²) in [6.07, 6.45) is 0.891. The molecular weight excluding hydrogens is 242 g/mol. The third-order valence-electron chi connectivity index (χ3n) is 2.90. The van der Waals surface area contributed by atoms with Gasteiger partial charge < -0.3 is 5.11 Å². The van der Waals surface area contributed by atoms with Crippen molar-refractivity contribution in [2.75, 3.05) is 11.5 Å². The van der Waals surface area contributed by atoms with Gasteiger partial charge in [-0.2, -0.15) is 0 Å². The summed E-state index contributed by atoms with van der Waals surface area (Å²) in [7, 11) is 0. The number of benzene rings is 1. The van der Waals surface area contributed by atoms with Gasteiger partial charge in [0.15, 0.2) is 0 Å². The Labute approximate surface area is 112 Å². The average Bonchev–Trinajstić information content (AvgIpc) is 2.70. The molecule has 2 amide bonds. The first-order valence-corrected chi connectivity index (χ1v) is 6.19.